The maximum Gasteiger partial charge on any atom is 0.256 e. The Kier molecular flexibility index (Phi) is 7.97. The van der Waals surface area contributed by atoms with Gasteiger partial charge in [0.05, 0.1) is 11.3 Å². The van der Waals surface area contributed by atoms with Crippen LogP contribution in [-0.2, 0) is 11.2 Å². The Morgan fingerprint density at radius 2 is 1.69 bits per heavy atom. The molecule has 182 valence electrons. The fraction of sp³-hybridized carbons (Fsp3) is 0.143. The number of carbonyl (C=O) groups excluding carboxylic acids is 2. The van der Waals surface area contributed by atoms with Gasteiger partial charge in [-0.05, 0) is 49.7 Å². The second-order valence-corrected chi connectivity index (χ2v) is 9.19. The Morgan fingerprint density at radius 3 is 2.47 bits per heavy atom. The van der Waals surface area contributed by atoms with Crippen molar-refractivity contribution in [3.05, 3.63) is 106 Å². The molecular formula is C28H26N4O3S. The zero-order valence-corrected chi connectivity index (χ0v) is 20.8. The summed E-state index contributed by atoms with van der Waals surface area (Å²) in [6.45, 7) is 3.92. The van der Waals surface area contributed by atoms with Crippen LogP contribution >= 0.6 is 11.8 Å². The fourth-order valence-electron chi connectivity index (χ4n) is 3.53. The molecule has 0 atom stereocenters. The van der Waals surface area contributed by atoms with Crippen LogP contribution in [0, 0.1) is 6.92 Å². The van der Waals surface area contributed by atoms with E-state index < -0.39 is 0 Å². The van der Waals surface area contributed by atoms with Gasteiger partial charge in [0.15, 0.2) is 0 Å². The summed E-state index contributed by atoms with van der Waals surface area (Å²) in [6.07, 6.45) is 0.644. The highest BCUT2D eigenvalue weighted by Crippen LogP contribution is 2.25. The number of carbonyl (C=O) groups is 2. The van der Waals surface area contributed by atoms with Gasteiger partial charge in [0.2, 0.25) is 5.91 Å². The van der Waals surface area contributed by atoms with Gasteiger partial charge in [-0.25, -0.2) is 4.98 Å². The SMILES string of the molecule is CCc1cc(=O)[nH]c(-c2cccc(NC(=O)c3ccccc3SCC(=O)Nc3ccc(C)cc3)c2)n1. The number of aryl methyl sites for hydroxylation is 2. The molecule has 0 unspecified atom stereocenters. The van der Waals surface area contributed by atoms with E-state index in [1.807, 2.05) is 56.3 Å². The summed E-state index contributed by atoms with van der Waals surface area (Å²) < 4.78 is 0. The average Bonchev–Trinajstić information content (AvgIpc) is 2.88. The molecule has 3 N–H and O–H groups in total. The second kappa shape index (κ2) is 11.5. The summed E-state index contributed by atoms with van der Waals surface area (Å²) in [4.78, 5) is 45.4. The van der Waals surface area contributed by atoms with Crippen LogP contribution in [0.2, 0.25) is 0 Å². The molecule has 0 saturated carbocycles. The van der Waals surface area contributed by atoms with E-state index >= 15 is 0 Å². The van der Waals surface area contributed by atoms with Gasteiger partial charge < -0.3 is 15.6 Å². The molecule has 36 heavy (non-hydrogen) atoms. The molecular weight excluding hydrogens is 472 g/mol. The van der Waals surface area contributed by atoms with E-state index in [1.165, 1.54) is 17.8 Å². The third-order valence-electron chi connectivity index (χ3n) is 5.38. The monoisotopic (exact) mass is 498 g/mol. The largest absolute Gasteiger partial charge is 0.325 e. The number of benzene rings is 3. The van der Waals surface area contributed by atoms with E-state index in [9.17, 15) is 14.4 Å². The minimum absolute atomic E-state index is 0.150. The van der Waals surface area contributed by atoms with Crippen molar-refractivity contribution in [2.24, 2.45) is 0 Å². The van der Waals surface area contributed by atoms with Crippen molar-refractivity contribution in [2.45, 2.75) is 25.2 Å². The van der Waals surface area contributed by atoms with Gasteiger partial charge >= 0.3 is 0 Å². The number of aromatic nitrogens is 2. The predicted octanol–water partition coefficient (Wildman–Crippen LogP) is 5.29. The Morgan fingerprint density at radius 1 is 0.917 bits per heavy atom. The van der Waals surface area contributed by atoms with E-state index in [-0.39, 0.29) is 23.1 Å². The van der Waals surface area contributed by atoms with E-state index in [4.69, 9.17) is 0 Å². The Hall–Kier alpha value is -4.17. The maximum atomic E-state index is 13.1. The topological polar surface area (TPSA) is 104 Å². The molecule has 0 saturated heterocycles. The van der Waals surface area contributed by atoms with Crippen molar-refractivity contribution in [1.29, 1.82) is 0 Å². The number of nitrogens with one attached hydrogen (secondary N) is 3. The van der Waals surface area contributed by atoms with Crippen molar-refractivity contribution < 1.29 is 9.59 Å². The van der Waals surface area contributed by atoms with Crippen molar-refractivity contribution in [1.82, 2.24) is 9.97 Å². The van der Waals surface area contributed by atoms with Gasteiger partial charge in [0.25, 0.3) is 11.5 Å². The molecule has 1 heterocycles. The minimum Gasteiger partial charge on any atom is -0.325 e. The van der Waals surface area contributed by atoms with Crippen molar-refractivity contribution in [3.8, 4) is 11.4 Å². The van der Waals surface area contributed by atoms with Crippen molar-refractivity contribution in [3.63, 3.8) is 0 Å². The smallest absolute Gasteiger partial charge is 0.256 e. The number of rotatable bonds is 8. The van der Waals surface area contributed by atoms with Crippen LogP contribution < -0.4 is 16.2 Å². The summed E-state index contributed by atoms with van der Waals surface area (Å²) in [6, 6.07) is 23.4. The summed E-state index contributed by atoms with van der Waals surface area (Å²) in [5.41, 5.74) is 4.05. The summed E-state index contributed by atoms with van der Waals surface area (Å²) in [5, 5.41) is 5.78. The van der Waals surface area contributed by atoms with E-state index in [2.05, 4.69) is 20.6 Å². The lowest BCUT2D eigenvalue weighted by atomic mass is 10.1. The van der Waals surface area contributed by atoms with E-state index in [1.54, 1.807) is 30.3 Å². The molecule has 0 bridgehead atoms. The average molecular weight is 499 g/mol. The first-order chi connectivity index (χ1) is 17.4. The molecule has 8 heteroatoms. The predicted molar refractivity (Wildman–Crippen MR) is 145 cm³/mol. The van der Waals surface area contributed by atoms with Gasteiger partial charge in [-0.2, -0.15) is 0 Å². The highest BCUT2D eigenvalue weighted by atomic mass is 32.2. The maximum absolute atomic E-state index is 13.1. The van der Waals surface area contributed by atoms with E-state index in [0.717, 1.165) is 11.3 Å². The number of nitrogens with zero attached hydrogens (tertiary/aromatic N) is 1. The third-order valence-corrected chi connectivity index (χ3v) is 6.45. The third kappa shape index (κ3) is 6.49. The van der Waals surface area contributed by atoms with Crippen LogP contribution in [0.25, 0.3) is 11.4 Å². The first-order valence-corrected chi connectivity index (χ1v) is 12.5. The summed E-state index contributed by atoms with van der Waals surface area (Å²) >= 11 is 1.30. The molecule has 2 amide bonds. The van der Waals surface area contributed by atoms with Crippen LogP contribution in [0.5, 0.6) is 0 Å². The van der Waals surface area contributed by atoms with Crippen LogP contribution in [0.3, 0.4) is 0 Å². The van der Waals surface area contributed by atoms with Crippen LogP contribution in [0.4, 0.5) is 11.4 Å². The molecule has 0 aliphatic heterocycles. The zero-order chi connectivity index (χ0) is 25.5. The van der Waals surface area contributed by atoms with Crippen LogP contribution in [-0.4, -0.2) is 27.5 Å². The normalized spacial score (nSPS) is 10.6. The Balaban J connectivity index is 1.45. The Bertz CT molecular complexity index is 1450. The molecule has 0 spiro atoms. The lowest BCUT2D eigenvalue weighted by Gasteiger charge is -2.11. The molecule has 1 aromatic heterocycles. The number of anilines is 2. The molecule has 4 rings (SSSR count). The molecule has 3 aromatic carbocycles. The van der Waals surface area contributed by atoms with E-state index in [0.29, 0.717) is 39.6 Å². The highest BCUT2D eigenvalue weighted by molar-refractivity contribution is 8.00. The fourth-order valence-corrected chi connectivity index (χ4v) is 4.38. The standard InChI is InChI=1S/C28H26N4O3S/c1-3-20-16-25(33)32-27(30-20)19-7-6-8-22(15-19)31-28(35)23-9-4-5-10-24(23)36-17-26(34)29-21-13-11-18(2)12-14-21/h4-16H,3,17H2,1-2H3,(H,29,34)(H,31,35)(H,30,32,33). The second-order valence-electron chi connectivity index (χ2n) is 8.17. The van der Waals surface area contributed by atoms with Crippen molar-refractivity contribution in [2.75, 3.05) is 16.4 Å². The van der Waals surface area contributed by atoms with Crippen LogP contribution in [0.1, 0.15) is 28.5 Å². The molecule has 0 aliphatic rings. The minimum atomic E-state index is -0.294. The van der Waals surface area contributed by atoms with Crippen molar-refractivity contribution >= 4 is 35.0 Å². The number of H-pyrrole nitrogens is 1. The van der Waals surface area contributed by atoms with Gasteiger partial charge in [0.1, 0.15) is 5.82 Å². The molecule has 0 radical (unpaired) electrons. The number of thioether (sulfide) groups is 1. The van der Waals surface area contributed by atoms with Gasteiger partial charge in [-0.3, -0.25) is 14.4 Å². The lowest BCUT2D eigenvalue weighted by molar-refractivity contribution is -0.113. The number of hydrogen-bond acceptors (Lipinski definition) is 5. The lowest BCUT2D eigenvalue weighted by Crippen LogP contribution is -2.16. The molecule has 7 nitrogen and oxygen atoms in total. The number of hydrogen-bond donors (Lipinski definition) is 3. The first kappa shape index (κ1) is 24.9. The Labute approximate surface area is 213 Å². The van der Waals surface area contributed by atoms with Crippen LogP contribution in [0.15, 0.2) is 88.6 Å². The summed E-state index contributed by atoms with van der Waals surface area (Å²) in [5.74, 6) is 0.173. The summed E-state index contributed by atoms with van der Waals surface area (Å²) in [7, 11) is 0. The zero-order valence-electron chi connectivity index (χ0n) is 20.0. The molecule has 0 aliphatic carbocycles. The van der Waals surface area contributed by atoms with Gasteiger partial charge in [-0.1, -0.05) is 48.9 Å². The first-order valence-electron chi connectivity index (χ1n) is 11.5. The van der Waals surface area contributed by atoms with Gasteiger partial charge in [0, 0.05) is 33.6 Å². The quantitative estimate of drug-likeness (QED) is 0.286. The molecule has 4 aromatic rings. The highest BCUT2D eigenvalue weighted by Gasteiger charge is 2.14. The molecule has 0 fully saturated rings. The van der Waals surface area contributed by atoms with Gasteiger partial charge in [-0.15, -0.1) is 11.8 Å². The number of aromatic amines is 1. The number of amides is 2.